The van der Waals surface area contributed by atoms with Crippen LogP contribution in [0.25, 0.3) is 0 Å². The van der Waals surface area contributed by atoms with E-state index in [1.54, 1.807) is 0 Å². The number of benzene rings is 1. The molecular formula is C12H16O2. The second kappa shape index (κ2) is 4.36. The molecule has 1 heterocycles. The van der Waals surface area contributed by atoms with Crippen molar-refractivity contribution in [3.05, 3.63) is 23.8 Å². The highest BCUT2D eigenvalue weighted by atomic mass is 16.7. The molecule has 1 aromatic carbocycles. The van der Waals surface area contributed by atoms with Crippen LogP contribution in [0.15, 0.2) is 18.2 Å². The maximum absolute atomic E-state index is 5.32. The maximum Gasteiger partial charge on any atom is 0.231 e. The van der Waals surface area contributed by atoms with Crippen LogP contribution < -0.4 is 9.47 Å². The molecule has 2 heteroatoms. The summed E-state index contributed by atoms with van der Waals surface area (Å²) in [6, 6.07) is 6.23. The standard InChI is InChI=1S/C12H16O2/c1-2-3-4-5-10-6-7-11-12(8-10)14-9-13-11/h6-8H,2-5,9H2,1H3. The lowest BCUT2D eigenvalue weighted by atomic mass is 10.1. The van der Waals surface area contributed by atoms with Gasteiger partial charge in [0.1, 0.15) is 0 Å². The zero-order valence-electron chi connectivity index (χ0n) is 8.58. The minimum atomic E-state index is 0.369. The van der Waals surface area contributed by atoms with Gasteiger partial charge >= 0.3 is 0 Å². The van der Waals surface area contributed by atoms with E-state index in [4.69, 9.17) is 9.47 Å². The molecule has 0 atom stereocenters. The van der Waals surface area contributed by atoms with Gasteiger partial charge in [0.15, 0.2) is 11.5 Å². The van der Waals surface area contributed by atoms with E-state index >= 15 is 0 Å². The first kappa shape index (κ1) is 9.38. The van der Waals surface area contributed by atoms with Crippen LogP contribution in [-0.2, 0) is 6.42 Å². The SMILES string of the molecule is CCCCCc1ccc2c(c1)OCO2. The third-order valence-corrected chi connectivity index (χ3v) is 2.51. The largest absolute Gasteiger partial charge is 0.454 e. The first-order valence-electron chi connectivity index (χ1n) is 5.28. The van der Waals surface area contributed by atoms with E-state index in [2.05, 4.69) is 19.1 Å². The fourth-order valence-electron chi connectivity index (χ4n) is 1.68. The molecule has 0 saturated heterocycles. The Morgan fingerprint density at radius 2 is 2.00 bits per heavy atom. The minimum absolute atomic E-state index is 0.369. The normalized spacial score (nSPS) is 13.2. The Morgan fingerprint density at radius 3 is 2.86 bits per heavy atom. The third-order valence-electron chi connectivity index (χ3n) is 2.51. The first-order valence-corrected chi connectivity index (χ1v) is 5.28. The summed E-state index contributed by atoms with van der Waals surface area (Å²) in [6.45, 7) is 2.59. The molecule has 0 fully saturated rings. The monoisotopic (exact) mass is 192 g/mol. The van der Waals surface area contributed by atoms with Gasteiger partial charge in [-0.05, 0) is 30.5 Å². The Morgan fingerprint density at radius 1 is 1.14 bits per heavy atom. The van der Waals surface area contributed by atoms with E-state index in [-0.39, 0.29) is 0 Å². The average molecular weight is 192 g/mol. The highest BCUT2D eigenvalue weighted by molar-refractivity contribution is 5.44. The van der Waals surface area contributed by atoms with E-state index < -0.39 is 0 Å². The van der Waals surface area contributed by atoms with Crippen molar-refractivity contribution in [2.75, 3.05) is 6.79 Å². The summed E-state index contributed by atoms with van der Waals surface area (Å²) >= 11 is 0. The zero-order chi connectivity index (χ0) is 9.80. The summed E-state index contributed by atoms with van der Waals surface area (Å²) in [4.78, 5) is 0. The molecule has 0 amide bonds. The Balaban J connectivity index is 1.98. The van der Waals surface area contributed by atoms with Crippen LogP contribution >= 0.6 is 0 Å². The molecule has 2 rings (SSSR count). The van der Waals surface area contributed by atoms with Gasteiger partial charge in [0, 0.05) is 0 Å². The summed E-state index contributed by atoms with van der Waals surface area (Å²) in [7, 11) is 0. The van der Waals surface area contributed by atoms with Crippen molar-refractivity contribution in [2.45, 2.75) is 32.6 Å². The number of rotatable bonds is 4. The molecule has 0 saturated carbocycles. The topological polar surface area (TPSA) is 18.5 Å². The Bertz CT molecular complexity index is 307. The molecule has 2 nitrogen and oxygen atoms in total. The fraction of sp³-hybridized carbons (Fsp3) is 0.500. The van der Waals surface area contributed by atoms with Crippen molar-refractivity contribution >= 4 is 0 Å². The van der Waals surface area contributed by atoms with Crippen LogP contribution in [0.4, 0.5) is 0 Å². The van der Waals surface area contributed by atoms with Gasteiger partial charge in [-0.1, -0.05) is 25.8 Å². The average Bonchev–Trinajstić information content (AvgIpc) is 2.65. The number of aryl methyl sites for hydroxylation is 1. The zero-order valence-corrected chi connectivity index (χ0v) is 8.58. The van der Waals surface area contributed by atoms with Gasteiger partial charge in [-0.3, -0.25) is 0 Å². The van der Waals surface area contributed by atoms with E-state index in [9.17, 15) is 0 Å². The third kappa shape index (κ3) is 2.00. The smallest absolute Gasteiger partial charge is 0.231 e. The molecule has 0 aliphatic carbocycles. The number of fused-ring (bicyclic) bond motifs is 1. The highest BCUT2D eigenvalue weighted by Crippen LogP contribution is 2.32. The van der Waals surface area contributed by atoms with Crippen molar-refractivity contribution in [1.29, 1.82) is 0 Å². The van der Waals surface area contributed by atoms with Crippen LogP contribution in [-0.4, -0.2) is 6.79 Å². The quantitative estimate of drug-likeness (QED) is 0.682. The van der Waals surface area contributed by atoms with Crippen molar-refractivity contribution in [3.8, 4) is 11.5 Å². The number of hydrogen-bond donors (Lipinski definition) is 0. The molecule has 0 spiro atoms. The van der Waals surface area contributed by atoms with Gasteiger partial charge in [-0.2, -0.15) is 0 Å². The van der Waals surface area contributed by atoms with Crippen LogP contribution in [0.1, 0.15) is 31.7 Å². The van der Waals surface area contributed by atoms with E-state index in [0.717, 1.165) is 17.9 Å². The molecule has 0 bridgehead atoms. The van der Waals surface area contributed by atoms with Gasteiger partial charge in [-0.15, -0.1) is 0 Å². The maximum atomic E-state index is 5.32. The van der Waals surface area contributed by atoms with Gasteiger partial charge in [-0.25, -0.2) is 0 Å². The predicted octanol–water partition coefficient (Wildman–Crippen LogP) is 3.15. The highest BCUT2D eigenvalue weighted by Gasteiger charge is 2.12. The molecule has 0 N–H and O–H groups in total. The molecular weight excluding hydrogens is 176 g/mol. The van der Waals surface area contributed by atoms with E-state index in [1.807, 2.05) is 6.07 Å². The van der Waals surface area contributed by atoms with Crippen LogP contribution in [0.5, 0.6) is 11.5 Å². The molecule has 1 aliphatic rings. The lowest BCUT2D eigenvalue weighted by Gasteiger charge is -2.02. The van der Waals surface area contributed by atoms with Crippen molar-refractivity contribution in [3.63, 3.8) is 0 Å². The van der Waals surface area contributed by atoms with Crippen molar-refractivity contribution in [2.24, 2.45) is 0 Å². The molecule has 1 aliphatic heterocycles. The van der Waals surface area contributed by atoms with Crippen LogP contribution in [0.2, 0.25) is 0 Å². The molecule has 0 aromatic heterocycles. The Hall–Kier alpha value is -1.18. The van der Waals surface area contributed by atoms with Gasteiger partial charge in [0.25, 0.3) is 0 Å². The lowest BCUT2D eigenvalue weighted by Crippen LogP contribution is -1.92. The molecule has 0 unspecified atom stereocenters. The second-order valence-corrected chi connectivity index (χ2v) is 3.64. The lowest BCUT2D eigenvalue weighted by molar-refractivity contribution is 0.174. The second-order valence-electron chi connectivity index (χ2n) is 3.64. The number of ether oxygens (including phenoxy) is 2. The Labute approximate surface area is 84.8 Å². The van der Waals surface area contributed by atoms with Crippen LogP contribution in [0.3, 0.4) is 0 Å². The summed E-state index contributed by atoms with van der Waals surface area (Å²) in [5, 5.41) is 0. The van der Waals surface area contributed by atoms with Gasteiger partial charge in [0.2, 0.25) is 6.79 Å². The van der Waals surface area contributed by atoms with Gasteiger partial charge in [0.05, 0.1) is 0 Å². The fourth-order valence-corrected chi connectivity index (χ4v) is 1.68. The summed E-state index contributed by atoms with van der Waals surface area (Å²) in [5.74, 6) is 1.78. The van der Waals surface area contributed by atoms with Crippen molar-refractivity contribution in [1.82, 2.24) is 0 Å². The van der Waals surface area contributed by atoms with Crippen LogP contribution in [0, 0.1) is 0 Å². The van der Waals surface area contributed by atoms with E-state index in [0.29, 0.717) is 6.79 Å². The first-order chi connectivity index (χ1) is 6.90. The molecule has 76 valence electrons. The predicted molar refractivity (Wildman–Crippen MR) is 55.8 cm³/mol. The number of unbranched alkanes of at least 4 members (excludes halogenated alkanes) is 2. The molecule has 1 aromatic rings. The molecule has 14 heavy (non-hydrogen) atoms. The minimum Gasteiger partial charge on any atom is -0.454 e. The summed E-state index contributed by atoms with van der Waals surface area (Å²) < 4.78 is 10.6. The Kier molecular flexibility index (Phi) is 2.92. The molecule has 0 radical (unpaired) electrons. The van der Waals surface area contributed by atoms with Crippen molar-refractivity contribution < 1.29 is 9.47 Å². The summed E-state index contributed by atoms with van der Waals surface area (Å²) in [6.07, 6.45) is 4.97. The number of hydrogen-bond acceptors (Lipinski definition) is 2. The van der Waals surface area contributed by atoms with Gasteiger partial charge < -0.3 is 9.47 Å². The summed E-state index contributed by atoms with van der Waals surface area (Å²) in [5.41, 5.74) is 1.35. The van der Waals surface area contributed by atoms with E-state index in [1.165, 1.54) is 24.8 Å².